The predicted molar refractivity (Wildman–Crippen MR) is 56.0 cm³/mol. The van der Waals surface area contributed by atoms with Gasteiger partial charge in [-0.15, -0.1) is 10.2 Å². The van der Waals surface area contributed by atoms with Gasteiger partial charge in [-0.05, 0) is 25.3 Å². The highest BCUT2D eigenvalue weighted by molar-refractivity contribution is 5.73. The fourth-order valence-corrected chi connectivity index (χ4v) is 1.90. The number of rotatable bonds is 5. The third-order valence-corrected chi connectivity index (χ3v) is 2.78. The first-order valence-corrected chi connectivity index (χ1v) is 5.52. The van der Waals surface area contributed by atoms with Crippen molar-refractivity contribution in [3.8, 4) is 0 Å². The largest absolute Gasteiger partial charge is 0.480 e. The summed E-state index contributed by atoms with van der Waals surface area (Å²) in [5.41, 5.74) is 0. The normalized spacial score (nSPS) is 24.7. The molecule has 0 amide bonds. The standard InChI is InChI=1S/C9H15N5O3/c15-9(16)7-3-6(1-2-10-7)4-17-5-8-11-13-14-12-8/h6-7,10H,1-5H2,(H,15,16)(H,11,12,13,14)/t6-,7+/m0/s1. The van der Waals surface area contributed by atoms with Gasteiger partial charge in [0.25, 0.3) is 0 Å². The molecule has 3 N–H and O–H groups in total. The second-order valence-corrected chi connectivity index (χ2v) is 4.08. The van der Waals surface area contributed by atoms with Gasteiger partial charge < -0.3 is 15.2 Å². The Hall–Kier alpha value is -1.54. The Labute approximate surface area is 97.7 Å². The molecule has 17 heavy (non-hydrogen) atoms. The highest BCUT2D eigenvalue weighted by atomic mass is 16.5. The fraction of sp³-hybridized carbons (Fsp3) is 0.778. The van der Waals surface area contributed by atoms with Gasteiger partial charge in [0.05, 0.1) is 6.61 Å². The number of aromatic amines is 1. The Morgan fingerprint density at radius 3 is 3.18 bits per heavy atom. The van der Waals surface area contributed by atoms with Gasteiger partial charge in [0.1, 0.15) is 12.6 Å². The summed E-state index contributed by atoms with van der Waals surface area (Å²) < 4.78 is 5.44. The van der Waals surface area contributed by atoms with E-state index in [2.05, 4.69) is 25.9 Å². The summed E-state index contributed by atoms with van der Waals surface area (Å²) in [6.45, 7) is 1.55. The molecule has 0 aromatic carbocycles. The Morgan fingerprint density at radius 1 is 1.59 bits per heavy atom. The lowest BCUT2D eigenvalue weighted by Gasteiger charge is -2.27. The van der Waals surface area contributed by atoms with Crippen molar-refractivity contribution in [3.63, 3.8) is 0 Å². The number of nitrogens with one attached hydrogen (secondary N) is 2. The molecule has 1 aromatic rings. The average Bonchev–Trinajstić information content (AvgIpc) is 2.82. The Bertz CT molecular complexity index is 356. The van der Waals surface area contributed by atoms with Crippen LogP contribution in [0.4, 0.5) is 0 Å². The van der Waals surface area contributed by atoms with E-state index >= 15 is 0 Å². The molecule has 0 spiro atoms. The minimum atomic E-state index is -0.798. The topological polar surface area (TPSA) is 113 Å². The molecule has 0 saturated carbocycles. The van der Waals surface area contributed by atoms with Crippen LogP contribution in [0.3, 0.4) is 0 Å². The van der Waals surface area contributed by atoms with Crippen LogP contribution < -0.4 is 5.32 Å². The van der Waals surface area contributed by atoms with E-state index in [0.29, 0.717) is 32.0 Å². The lowest BCUT2D eigenvalue weighted by Crippen LogP contribution is -2.44. The number of H-pyrrole nitrogens is 1. The van der Waals surface area contributed by atoms with Gasteiger partial charge >= 0.3 is 5.97 Å². The Morgan fingerprint density at radius 2 is 2.47 bits per heavy atom. The molecule has 0 unspecified atom stereocenters. The van der Waals surface area contributed by atoms with Gasteiger partial charge in [-0.3, -0.25) is 4.79 Å². The third-order valence-electron chi connectivity index (χ3n) is 2.78. The summed E-state index contributed by atoms with van der Waals surface area (Å²) in [6, 6.07) is -0.456. The lowest BCUT2D eigenvalue weighted by atomic mass is 9.93. The van der Waals surface area contributed by atoms with E-state index in [4.69, 9.17) is 9.84 Å². The van der Waals surface area contributed by atoms with Crippen molar-refractivity contribution in [2.24, 2.45) is 5.92 Å². The number of carboxylic acids is 1. The van der Waals surface area contributed by atoms with E-state index in [1.165, 1.54) is 0 Å². The SMILES string of the molecule is O=C(O)[C@H]1C[C@@H](COCc2nn[nH]n2)CCN1. The van der Waals surface area contributed by atoms with Crippen LogP contribution >= 0.6 is 0 Å². The van der Waals surface area contributed by atoms with Crippen molar-refractivity contribution in [1.29, 1.82) is 0 Å². The van der Waals surface area contributed by atoms with Crippen molar-refractivity contribution in [1.82, 2.24) is 25.9 Å². The van der Waals surface area contributed by atoms with E-state index in [-0.39, 0.29) is 5.92 Å². The first-order valence-electron chi connectivity index (χ1n) is 5.52. The number of piperidine rings is 1. The van der Waals surface area contributed by atoms with E-state index in [1.807, 2.05) is 0 Å². The molecule has 0 bridgehead atoms. The molecule has 1 aliphatic heterocycles. The number of hydrogen-bond acceptors (Lipinski definition) is 6. The number of ether oxygens (including phenoxy) is 1. The summed E-state index contributed by atoms with van der Waals surface area (Å²) in [4.78, 5) is 10.8. The molecule has 1 aromatic heterocycles. The van der Waals surface area contributed by atoms with Crippen LogP contribution in [0.2, 0.25) is 0 Å². The summed E-state index contributed by atoms with van der Waals surface area (Å²) in [5, 5.41) is 25.1. The van der Waals surface area contributed by atoms with Crippen LogP contribution in [-0.4, -0.2) is 50.9 Å². The van der Waals surface area contributed by atoms with E-state index in [1.54, 1.807) is 0 Å². The molecule has 8 nitrogen and oxygen atoms in total. The van der Waals surface area contributed by atoms with Crippen molar-refractivity contribution >= 4 is 5.97 Å². The minimum Gasteiger partial charge on any atom is -0.480 e. The lowest BCUT2D eigenvalue weighted by molar-refractivity contribution is -0.140. The average molecular weight is 241 g/mol. The van der Waals surface area contributed by atoms with E-state index < -0.39 is 12.0 Å². The smallest absolute Gasteiger partial charge is 0.320 e. The minimum absolute atomic E-state index is 0.268. The monoisotopic (exact) mass is 241 g/mol. The number of carboxylic acid groups (broad SMARTS) is 1. The molecular weight excluding hydrogens is 226 g/mol. The highest BCUT2D eigenvalue weighted by Crippen LogP contribution is 2.17. The molecule has 2 atom stereocenters. The first-order chi connectivity index (χ1) is 8.25. The number of aromatic nitrogens is 4. The zero-order chi connectivity index (χ0) is 12.1. The van der Waals surface area contributed by atoms with Crippen molar-refractivity contribution in [2.45, 2.75) is 25.5 Å². The number of hydrogen-bond donors (Lipinski definition) is 3. The molecular formula is C9H15N5O3. The number of nitrogens with zero attached hydrogens (tertiary/aromatic N) is 3. The van der Waals surface area contributed by atoms with Crippen LogP contribution in [0.15, 0.2) is 0 Å². The summed E-state index contributed by atoms with van der Waals surface area (Å²) in [7, 11) is 0. The van der Waals surface area contributed by atoms with Crippen molar-refractivity contribution < 1.29 is 14.6 Å². The second kappa shape index (κ2) is 5.69. The van der Waals surface area contributed by atoms with E-state index in [9.17, 15) is 4.79 Å². The third kappa shape index (κ3) is 3.46. The zero-order valence-corrected chi connectivity index (χ0v) is 9.30. The predicted octanol–water partition coefficient (Wildman–Crippen LogP) is -0.831. The van der Waals surface area contributed by atoms with Crippen LogP contribution in [0.25, 0.3) is 0 Å². The van der Waals surface area contributed by atoms with E-state index in [0.717, 1.165) is 6.42 Å². The van der Waals surface area contributed by atoms with Crippen LogP contribution in [-0.2, 0) is 16.1 Å². The zero-order valence-electron chi connectivity index (χ0n) is 9.30. The van der Waals surface area contributed by atoms with Crippen molar-refractivity contribution in [2.75, 3.05) is 13.2 Å². The van der Waals surface area contributed by atoms with Gasteiger partial charge in [-0.2, -0.15) is 5.21 Å². The molecule has 1 saturated heterocycles. The van der Waals surface area contributed by atoms with Crippen LogP contribution in [0.1, 0.15) is 18.7 Å². The van der Waals surface area contributed by atoms with Crippen LogP contribution in [0, 0.1) is 5.92 Å². The second-order valence-electron chi connectivity index (χ2n) is 4.08. The molecule has 1 fully saturated rings. The highest BCUT2D eigenvalue weighted by Gasteiger charge is 2.26. The van der Waals surface area contributed by atoms with Gasteiger partial charge in [-0.25, -0.2) is 0 Å². The Kier molecular flexibility index (Phi) is 3.99. The Balaban J connectivity index is 1.70. The maximum absolute atomic E-state index is 10.8. The van der Waals surface area contributed by atoms with Gasteiger partial charge in [-0.1, -0.05) is 5.21 Å². The fourth-order valence-electron chi connectivity index (χ4n) is 1.90. The molecule has 2 rings (SSSR count). The first kappa shape index (κ1) is 11.9. The number of aliphatic carboxylic acids is 1. The van der Waals surface area contributed by atoms with Gasteiger partial charge in [0.15, 0.2) is 5.82 Å². The van der Waals surface area contributed by atoms with Crippen LogP contribution in [0.5, 0.6) is 0 Å². The number of carbonyl (C=O) groups is 1. The van der Waals surface area contributed by atoms with Crippen molar-refractivity contribution in [3.05, 3.63) is 5.82 Å². The molecule has 0 aliphatic carbocycles. The quantitative estimate of drug-likeness (QED) is 0.616. The molecule has 2 heterocycles. The molecule has 94 valence electrons. The molecule has 1 aliphatic rings. The maximum atomic E-state index is 10.8. The van der Waals surface area contributed by atoms with Gasteiger partial charge in [0, 0.05) is 0 Å². The van der Waals surface area contributed by atoms with Gasteiger partial charge in [0.2, 0.25) is 0 Å². The summed E-state index contributed by atoms with van der Waals surface area (Å²) in [5.74, 6) is -0.0224. The summed E-state index contributed by atoms with van der Waals surface area (Å²) in [6.07, 6.45) is 1.53. The summed E-state index contributed by atoms with van der Waals surface area (Å²) >= 11 is 0. The molecule has 0 radical (unpaired) electrons. The molecule has 8 heteroatoms. The number of tetrazole rings is 1. The maximum Gasteiger partial charge on any atom is 0.320 e.